The van der Waals surface area contributed by atoms with Crippen molar-refractivity contribution < 1.29 is 9.59 Å². The van der Waals surface area contributed by atoms with E-state index in [4.69, 9.17) is 0 Å². The highest BCUT2D eigenvalue weighted by Crippen LogP contribution is 2.27. The first kappa shape index (κ1) is 20.3. The van der Waals surface area contributed by atoms with Crippen molar-refractivity contribution in [2.24, 2.45) is 5.92 Å². The maximum Gasteiger partial charge on any atom is 0.254 e. The van der Waals surface area contributed by atoms with Crippen molar-refractivity contribution in [2.45, 2.75) is 38.8 Å². The summed E-state index contributed by atoms with van der Waals surface area (Å²) in [5, 5.41) is 0. The van der Waals surface area contributed by atoms with Gasteiger partial charge in [-0.3, -0.25) is 9.59 Å². The smallest absolute Gasteiger partial charge is 0.254 e. The Morgan fingerprint density at radius 2 is 1.26 bits per heavy atom. The van der Waals surface area contributed by atoms with E-state index >= 15 is 0 Å². The predicted octanol–water partition coefficient (Wildman–Crippen LogP) is 3.79. The van der Waals surface area contributed by atoms with Gasteiger partial charge in [-0.25, -0.2) is 0 Å². The van der Waals surface area contributed by atoms with Crippen molar-refractivity contribution in [2.75, 3.05) is 32.7 Å². The molecule has 31 heavy (non-hydrogen) atoms. The van der Waals surface area contributed by atoms with E-state index in [9.17, 15) is 9.59 Å². The highest BCUT2D eigenvalue weighted by atomic mass is 16.2. The maximum absolute atomic E-state index is 12.6. The first-order valence-electron chi connectivity index (χ1n) is 11.7. The van der Waals surface area contributed by atoms with Gasteiger partial charge in [-0.1, -0.05) is 36.4 Å². The molecule has 0 aliphatic carbocycles. The third-order valence-electron chi connectivity index (χ3n) is 7.13. The SMILES string of the molecule is O=C1c2ccccc2CN1CCCCN1CCC(CN2Cc3ccccc3C2=O)CC1. The van der Waals surface area contributed by atoms with Crippen molar-refractivity contribution in [1.29, 1.82) is 0 Å². The topological polar surface area (TPSA) is 43.9 Å². The second kappa shape index (κ2) is 8.83. The second-order valence-corrected chi connectivity index (χ2v) is 9.22. The van der Waals surface area contributed by atoms with Gasteiger partial charge in [-0.2, -0.15) is 0 Å². The molecular weight excluding hydrogens is 386 g/mol. The minimum Gasteiger partial charge on any atom is -0.334 e. The van der Waals surface area contributed by atoms with E-state index in [2.05, 4.69) is 17.0 Å². The molecule has 0 unspecified atom stereocenters. The third kappa shape index (κ3) is 4.24. The van der Waals surface area contributed by atoms with Gasteiger partial charge in [0.25, 0.3) is 11.8 Å². The molecule has 2 aromatic rings. The van der Waals surface area contributed by atoms with Crippen LogP contribution in [-0.2, 0) is 13.1 Å². The Morgan fingerprint density at radius 1 is 0.710 bits per heavy atom. The number of fused-ring (bicyclic) bond motifs is 2. The maximum atomic E-state index is 12.6. The molecule has 1 saturated heterocycles. The summed E-state index contributed by atoms with van der Waals surface area (Å²) in [5.41, 5.74) is 4.10. The van der Waals surface area contributed by atoms with Crippen LogP contribution in [0.2, 0.25) is 0 Å². The molecule has 3 aliphatic heterocycles. The van der Waals surface area contributed by atoms with Gasteiger partial charge in [-0.05, 0) is 74.5 Å². The number of hydrogen-bond donors (Lipinski definition) is 0. The van der Waals surface area contributed by atoms with Gasteiger partial charge >= 0.3 is 0 Å². The summed E-state index contributed by atoms with van der Waals surface area (Å²) in [6, 6.07) is 16.0. The van der Waals surface area contributed by atoms with Crippen molar-refractivity contribution in [3.8, 4) is 0 Å². The van der Waals surface area contributed by atoms with Gasteiger partial charge < -0.3 is 14.7 Å². The zero-order chi connectivity index (χ0) is 21.2. The summed E-state index contributed by atoms with van der Waals surface area (Å²) in [4.78, 5) is 31.6. The standard InChI is InChI=1S/C26H31N3O2/c30-25-23-9-3-1-7-21(23)18-28(25)14-6-5-13-27-15-11-20(12-16-27)17-29-19-22-8-2-4-10-24(22)26(29)31/h1-4,7-10,20H,5-6,11-19H2. The number of carbonyl (C=O) groups excluding carboxylic acids is 2. The summed E-state index contributed by atoms with van der Waals surface area (Å²) < 4.78 is 0. The molecule has 0 aromatic heterocycles. The van der Waals surface area contributed by atoms with E-state index in [1.54, 1.807) is 0 Å². The van der Waals surface area contributed by atoms with Crippen LogP contribution < -0.4 is 0 Å². The summed E-state index contributed by atoms with van der Waals surface area (Å²) in [5.74, 6) is 1.00. The highest BCUT2D eigenvalue weighted by molar-refractivity contribution is 5.98. The lowest BCUT2D eigenvalue weighted by atomic mass is 9.96. The van der Waals surface area contributed by atoms with Gasteiger partial charge in [0.15, 0.2) is 0 Å². The molecule has 3 aliphatic rings. The fourth-order valence-corrected chi connectivity index (χ4v) is 5.30. The van der Waals surface area contributed by atoms with E-state index in [1.807, 2.05) is 46.2 Å². The molecule has 0 N–H and O–H groups in total. The van der Waals surface area contributed by atoms with Crippen LogP contribution in [0.3, 0.4) is 0 Å². The molecule has 0 spiro atoms. The number of likely N-dealkylation sites (tertiary alicyclic amines) is 1. The Bertz CT molecular complexity index is 962. The molecule has 162 valence electrons. The minimum absolute atomic E-state index is 0.190. The van der Waals surface area contributed by atoms with Crippen LogP contribution in [-0.4, -0.2) is 59.2 Å². The molecule has 5 rings (SSSR count). The fourth-order valence-electron chi connectivity index (χ4n) is 5.30. The summed E-state index contributed by atoms with van der Waals surface area (Å²) in [7, 11) is 0. The molecule has 0 saturated carbocycles. The molecule has 1 fully saturated rings. The first-order valence-corrected chi connectivity index (χ1v) is 11.7. The van der Waals surface area contributed by atoms with Crippen LogP contribution >= 0.6 is 0 Å². The van der Waals surface area contributed by atoms with Crippen molar-refractivity contribution in [3.63, 3.8) is 0 Å². The van der Waals surface area contributed by atoms with Crippen LogP contribution in [0.15, 0.2) is 48.5 Å². The lowest BCUT2D eigenvalue weighted by molar-refractivity contribution is 0.0713. The molecule has 0 atom stereocenters. The zero-order valence-corrected chi connectivity index (χ0v) is 18.1. The Morgan fingerprint density at radius 3 is 1.90 bits per heavy atom. The lowest BCUT2D eigenvalue weighted by Gasteiger charge is -2.34. The van der Waals surface area contributed by atoms with E-state index < -0.39 is 0 Å². The zero-order valence-electron chi connectivity index (χ0n) is 18.1. The van der Waals surface area contributed by atoms with E-state index in [1.165, 1.54) is 18.4 Å². The largest absolute Gasteiger partial charge is 0.334 e. The van der Waals surface area contributed by atoms with Crippen LogP contribution in [0.1, 0.15) is 57.5 Å². The minimum atomic E-state index is 0.190. The highest BCUT2D eigenvalue weighted by Gasteiger charge is 2.30. The van der Waals surface area contributed by atoms with E-state index in [-0.39, 0.29) is 11.8 Å². The van der Waals surface area contributed by atoms with Crippen LogP contribution in [0, 0.1) is 5.92 Å². The van der Waals surface area contributed by atoms with Crippen molar-refractivity contribution >= 4 is 11.8 Å². The quantitative estimate of drug-likeness (QED) is 0.644. The molecule has 5 heteroatoms. The molecule has 2 amide bonds. The number of rotatable bonds is 7. The monoisotopic (exact) mass is 417 g/mol. The normalized spacial score (nSPS) is 19.2. The number of hydrogen-bond acceptors (Lipinski definition) is 3. The van der Waals surface area contributed by atoms with Crippen molar-refractivity contribution in [3.05, 3.63) is 70.8 Å². The molecular formula is C26H31N3O2. The van der Waals surface area contributed by atoms with Gasteiger partial charge in [0.05, 0.1) is 0 Å². The Kier molecular flexibility index (Phi) is 5.77. The average molecular weight is 418 g/mol. The van der Waals surface area contributed by atoms with Gasteiger partial charge in [0.1, 0.15) is 0 Å². The van der Waals surface area contributed by atoms with E-state index in [0.29, 0.717) is 5.92 Å². The summed E-state index contributed by atoms with van der Waals surface area (Å²) in [6.45, 7) is 6.62. The van der Waals surface area contributed by atoms with Gasteiger partial charge in [-0.15, -0.1) is 0 Å². The first-order chi connectivity index (χ1) is 15.2. The second-order valence-electron chi connectivity index (χ2n) is 9.22. The Labute approximate surface area is 184 Å². The number of carbonyl (C=O) groups is 2. The molecule has 3 heterocycles. The molecule has 0 radical (unpaired) electrons. The average Bonchev–Trinajstić information content (AvgIpc) is 3.29. The lowest BCUT2D eigenvalue weighted by Crippen LogP contribution is -2.39. The molecule has 2 aromatic carbocycles. The molecule has 0 bridgehead atoms. The molecule has 5 nitrogen and oxygen atoms in total. The van der Waals surface area contributed by atoms with Crippen molar-refractivity contribution in [1.82, 2.24) is 14.7 Å². The van der Waals surface area contributed by atoms with Crippen LogP contribution in [0.5, 0.6) is 0 Å². The summed E-state index contributed by atoms with van der Waals surface area (Å²) in [6.07, 6.45) is 4.52. The number of benzene rings is 2. The van der Waals surface area contributed by atoms with E-state index in [0.717, 1.165) is 75.3 Å². The Balaban J connectivity index is 1.00. The van der Waals surface area contributed by atoms with Crippen LogP contribution in [0.4, 0.5) is 0 Å². The van der Waals surface area contributed by atoms with Gasteiger partial charge in [0, 0.05) is 37.3 Å². The number of amides is 2. The summed E-state index contributed by atoms with van der Waals surface area (Å²) >= 11 is 0. The van der Waals surface area contributed by atoms with Crippen LogP contribution in [0.25, 0.3) is 0 Å². The number of nitrogens with zero attached hydrogens (tertiary/aromatic N) is 3. The predicted molar refractivity (Wildman–Crippen MR) is 121 cm³/mol. The van der Waals surface area contributed by atoms with Gasteiger partial charge in [0.2, 0.25) is 0 Å². The number of piperidine rings is 1. The Hall–Kier alpha value is -2.66. The fraction of sp³-hybridized carbons (Fsp3) is 0.462. The number of unbranched alkanes of at least 4 members (excludes halogenated alkanes) is 1. The third-order valence-corrected chi connectivity index (χ3v) is 7.13.